The van der Waals surface area contributed by atoms with Gasteiger partial charge in [0, 0.05) is 0 Å². The predicted molar refractivity (Wildman–Crippen MR) is 422 cm³/mol. The standard InChI is InChI=1S/C29H24O3S.C28H20Cl2O6S2.C28H22O6S2.5Na/c1-22-4-2-5-25(20-22)10-8-23-12-16-27(17-13-23)28-18-14-24(15-19-28)9-11-26-6-3-7-29(21-26)33(30,31)32;29-25-15-9-21(17-27(25)37(31,32)33)3-1-19-5-11-23(12-6-19)24-13-7-20(8-14-24)2-4-22-10-16-26(30)28(18-22)38(34,35)36;29-35(30,31)27-7-3-1-5-25(27)19-13-21-9-15-23(16-10-21)24-17-11-22(12-18-24)14-20-26-6-2-4-8-28(26)36(32,33)34;;;;;/h2-21H,1H3,(H,30,31,32);1-18H,(H,31,32,33)(H,34,35,36);1-20H,(H,29,30,31)(H,32,33,34);;;;;/q;;;5*+1/p-5. The molecule has 0 aliphatic heterocycles. The maximum atomic E-state index is 11.4. The van der Waals surface area contributed by atoms with Crippen LogP contribution in [0, 0.1) is 6.92 Å². The van der Waals surface area contributed by atoms with Gasteiger partial charge < -0.3 is 22.8 Å². The van der Waals surface area contributed by atoms with Gasteiger partial charge in [0.25, 0.3) is 0 Å². The molecule has 0 aromatic heterocycles. The molecule has 540 valence electrons. The fraction of sp³-hybridized carbons (Fsp3) is 0.0118. The van der Waals surface area contributed by atoms with Crippen molar-refractivity contribution in [3.63, 3.8) is 0 Å². The van der Waals surface area contributed by atoms with Crippen LogP contribution in [0.4, 0.5) is 0 Å². The largest absolute Gasteiger partial charge is 1.00 e. The molecule has 12 aromatic rings. The van der Waals surface area contributed by atoms with E-state index in [1.165, 1.54) is 71.8 Å². The van der Waals surface area contributed by atoms with Gasteiger partial charge in [-0.05, 0) is 156 Å². The topological polar surface area (TPSA) is 286 Å². The van der Waals surface area contributed by atoms with Crippen molar-refractivity contribution in [2.75, 3.05) is 0 Å². The Morgan fingerprint density at radius 1 is 0.223 bits per heavy atom. The second-order valence-electron chi connectivity index (χ2n) is 23.9. The first kappa shape index (κ1) is 96.8. The summed E-state index contributed by atoms with van der Waals surface area (Å²) in [7, 11) is -22.9. The summed E-state index contributed by atoms with van der Waals surface area (Å²) in [6, 6.07) is 82.1. The van der Waals surface area contributed by atoms with Crippen molar-refractivity contribution in [3.05, 3.63) is 361 Å². The second-order valence-corrected chi connectivity index (χ2v) is 31.5. The van der Waals surface area contributed by atoms with Crippen molar-refractivity contribution in [1.29, 1.82) is 0 Å². The van der Waals surface area contributed by atoms with E-state index in [0.717, 1.165) is 66.8 Å². The summed E-state index contributed by atoms with van der Waals surface area (Å²) in [5.74, 6) is 0. The zero-order chi connectivity index (χ0) is 76.5. The third-order valence-electron chi connectivity index (χ3n) is 16.3. The number of halogens is 2. The van der Waals surface area contributed by atoms with Crippen LogP contribution in [0.15, 0.2) is 304 Å². The SMILES string of the molecule is Cc1cccc(C=Cc2ccc(-c3ccc(C=Cc4cccc(S(=O)(=O)[O-])c4)cc3)cc2)c1.O=S(=O)([O-])c1cc(C=Cc2ccc(-c3ccc(C=Cc4ccc(Cl)c(S(=O)(=O)[O-])c4)cc3)cc2)ccc1Cl.O=S(=O)([O-])c1ccccc1C=Cc1ccc(-c2ccc(C=Cc3ccccc3S(=O)(=O)[O-])cc2)cc1.[Na+].[Na+].[Na+].[Na+].[Na+]. The van der Waals surface area contributed by atoms with Gasteiger partial charge in [0.2, 0.25) is 0 Å². The van der Waals surface area contributed by atoms with Gasteiger partial charge in [0.05, 0.1) is 34.5 Å². The Kier molecular flexibility index (Phi) is 38.5. The zero-order valence-electron chi connectivity index (χ0n) is 61.4. The summed E-state index contributed by atoms with van der Waals surface area (Å²) in [5.41, 5.74) is 16.5. The predicted octanol–water partition coefficient (Wildman–Crippen LogP) is 4.24. The first-order valence-corrected chi connectivity index (χ1v) is 40.1. The van der Waals surface area contributed by atoms with Crippen LogP contribution >= 0.6 is 23.2 Å². The Balaban J connectivity index is 0.000000294. The van der Waals surface area contributed by atoms with Crippen LogP contribution in [0.5, 0.6) is 0 Å². The minimum Gasteiger partial charge on any atom is -0.744 e. The van der Waals surface area contributed by atoms with Gasteiger partial charge in [-0.15, -0.1) is 0 Å². The van der Waals surface area contributed by atoms with Crippen LogP contribution in [0.25, 0.3) is 106 Å². The normalized spacial score (nSPS) is 11.7. The fourth-order valence-electron chi connectivity index (χ4n) is 10.7. The van der Waals surface area contributed by atoms with Gasteiger partial charge in [-0.2, -0.15) is 0 Å². The summed E-state index contributed by atoms with van der Waals surface area (Å²) in [5, 5.41) is -0.228. The molecule has 12 rings (SSSR count). The molecule has 0 amide bonds. The third-order valence-corrected chi connectivity index (χ3v) is 21.6. The first-order chi connectivity index (χ1) is 50.9. The van der Waals surface area contributed by atoms with E-state index in [1.54, 1.807) is 103 Å². The molecule has 27 heteroatoms. The Bertz CT molecular complexity index is 5770. The average molecular weight is 1670 g/mol. The maximum absolute atomic E-state index is 11.4. The van der Waals surface area contributed by atoms with Crippen LogP contribution in [-0.2, 0) is 50.6 Å². The maximum Gasteiger partial charge on any atom is 1.00 e. The van der Waals surface area contributed by atoms with Gasteiger partial charge in [-0.3, -0.25) is 0 Å². The third kappa shape index (κ3) is 29.4. The Labute approximate surface area is 774 Å². The van der Waals surface area contributed by atoms with Crippen molar-refractivity contribution in [1.82, 2.24) is 0 Å². The van der Waals surface area contributed by atoms with Crippen LogP contribution in [-0.4, -0.2) is 64.9 Å². The molecule has 0 heterocycles. The minimum atomic E-state index is -4.66. The Morgan fingerprint density at radius 2 is 0.455 bits per heavy atom. The number of aryl methyl sites for hydroxylation is 1. The molecule has 0 aliphatic carbocycles. The van der Waals surface area contributed by atoms with Gasteiger partial charge in [0.1, 0.15) is 50.6 Å². The Morgan fingerprint density at radius 3 is 0.723 bits per heavy atom. The molecule has 0 saturated heterocycles. The van der Waals surface area contributed by atoms with E-state index in [4.69, 9.17) is 23.2 Å². The minimum absolute atomic E-state index is 0. The molecular weight excluding hydrogens is 1610 g/mol. The molecular formula is C85H61Cl2Na5O15S5. The van der Waals surface area contributed by atoms with E-state index in [1.807, 2.05) is 115 Å². The summed E-state index contributed by atoms with van der Waals surface area (Å²) < 4.78 is 170. The second kappa shape index (κ2) is 44.5. The van der Waals surface area contributed by atoms with Crippen LogP contribution < -0.4 is 148 Å². The molecule has 0 N–H and O–H groups in total. The van der Waals surface area contributed by atoms with E-state index >= 15 is 0 Å². The summed E-state index contributed by atoms with van der Waals surface area (Å²) >= 11 is 11.6. The van der Waals surface area contributed by atoms with Gasteiger partial charge >= 0.3 is 148 Å². The molecule has 0 fully saturated rings. The average Bonchev–Trinajstić information content (AvgIpc) is 0.840. The van der Waals surface area contributed by atoms with Crippen molar-refractivity contribution in [2.24, 2.45) is 0 Å². The molecule has 0 bridgehead atoms. The molecule has 0 unspecified atom stereocenters. The van der Waals surface area contributed by atoms with E-state index in [2.05, 4.69) is 79.7 Å². The number of hydrogen-bond donors (Lipinski definition) is 0. The van der Waals surface area contributed by atoms with E-state index < -0.39 is 60.4 Å². The van der Waals surface area contributed by atoms with Crippen molar-refractivity contribution < 1.29 is 213 Å². The molecule has 0 aliphatic rings. The molecule has 0 saturated carbocycles. The van der Waals surface area contributed by atoms with Crippen molar-refractivity contribution in [2.45, 2.75) is 31.4 Å². The smallest absolute Gasteiger partial charge is 0.744 e. The molecule has 112 heavy (non-hydrogen) atoms. The molecule has 12 aromatic carbocycles. The number of rotatable bonds is 20. The number of hydrogen-bond acceptors (Lipinski definition) is 15. The van der Waals surface area contributed by atoms with Gasteiger partial charge in [-0.1, -0.05) is 332 Å². The molecule has 0 radical (unpaired) electrons. The zero-order valence-corrected chi connectivity index (χ0v) is 77.0. The number of benzene rings is 12. The van der Waals surface area contributed by atoms with E-state index in [0.29, 0.717) is 27.8 Å². The summed E-state index contributed by atoms with van der Waals surface area (Å²) in [6.07, 6.45) is 21.5. The van der Waals surface area contributed by atoms with E-state index in [9.17, 15) is 64.9 Å². The van der Waals surface area contributed by atoms with E-state index in [-0.39, 0.29) is 173 Å². The quantitative estimate of drug-likeness (QED) is 0.0586. The molecule has 0 spiro atoms. The van der Waals surface area contributed by atoms with Crippen LogP contribution in [0.1, 0.15) is 72.3 Å². The van der Waals surface area contributed by atoms with Crippen LogP contribution in [0.3, 0.4) is 0 Å². The monoisotopic (exact) mass is 1670 g/mol. The van der Waals surface area contributed by atoms with Gasteiger partial charge in [0.15, 0.2) is 0 Å². The van der Waals surface area contributed by atoms with Gasteiger partial charge in [-0.25, -0.2) is 42.1 Å². The Hall–Kier alpha value is -5.79. The summed E-state index contributed by atoms with van der Waals surface area (Å²) in [6.45, 7) is 2.09. The van der Waals surface area contributed by atoms with Crippen LogP contribution in [0.2, 0.25) is 10.0 Å². The van der Waals surface area contributed by atoms with Crippen molar-refractivity contribution in [3.8, 4) is 33.4 Å². The molecule has 15 nitrogen and oxygen atoms in total. The fourth-order valence-corrected chi connectivity index (χ4v) is 14.6. The first-order valence-electron chi connectivity index (χ1n) is 32.3. The van der Waals surface area contributed by atoms with Crippen molar-refractivity contribution >= 4 is 147 Å². The summed E-state index contributed by atoms with van der Waals surface area (Å²) in [4.78, 5) is -1.65. The molecule has 0 atom stereocenters.